The topological polar surface area (TPSA) is 41.1 Å². The van der Waals surface area contributed by atoms with Crippen LogP contribution in [0.25, 0.3) is 0 Å². The van der Waals surface area contributed by atoms with E-state index in [-0.39, 0.29) is 18.5 Å². The highest BCUT2D eigenvalue weighted by molar-refractivity contribution is 6.33. The van der Waals surface area contributed by atoms with Crippen molar-refractivity contribution in [1.82, 2.24) is 10.6 Å². The second kappa shape index (κ2) is 6.84. The predicted molar refractivity (Wildman–Crippen MR) is 71.6 cm³/mol. The summed E-state index contributed by atoms with van der Waals surface area (Å²) in [6, 6.07) is 5.27. The normalized spacial score (nSPS) is 12.2. The maximum Gasteiger partial charge on any atom is 0.233 e. The number of rotatable bonds is 5. The zero-order chi connectivity index (χ0) is 12.8. The molecule has 0 radical (unpaired) electrons. The average Bonchev–Trinajstić information content (AvgIpc) is 2.29. The molecule has 94 valence electrons. The summed E-state index contributed by atoms with van der Waals surface area (Å²) in [5.74, 6) is -0.0301. The van der Waals surface area contributed by atoms with Crippen molar-refractivity contribution in [1.29, 1.82) is 0 Å². The summed E-state index contributed by atoms with van der Waals surface area (Å²) in [4.78, 5) is 11.3. The molecule has 3 nitrogen and oxygen atoms in total. The van der Waals surface area contributed by atoms with Crippen molar-refractivity contribution in [3.05, 3.63) is 33.8 Å². The summed E-state index contributed by atoms with van der Waals surface area (Å²) in [6.07, 6.45) is 0. The van der Waals surface area contributed by atoms with E-state index in [2.05, 4.69) is 10.6 Å². The van der Waals surface area contributed by atoms with Gasteiger partial charge in [0.25, 0.3) is 0 Å². The fraction of sp³-hybridized carbons (Fsp3) is 0.417. The molecular formula is C12H16Cl2N2O. The molecule has 0 saturated carbocycles. The summed E-state index contributed by atoms with van der Waals surface area (Å²) >= 11 is 12.0. The van der Waals surface area contributed by atoms with E-state index >= 15 is 0 Å². The van der Waals surface area contributed by atoms with Crippen LogP contribution in [0.4, 0.5) is 0 Å². The summed E-state index contributed by atoms with van der Waals surface area (Å²) in [5, 5.41) is 7.09. The number of hydrogen-bond acceptors (Lipinski definition) is 2. The second-order valence-corrected chi connectivity index (χ2v) is 4.57. The number of halogens is 2. The SMILES string of the molecule is CCNC(=O)CNC(C)c1cc(Cl)ccc1Cl. The summed E-state index contributed by atoms with van der Waals surface area (Å²) < 4.78 is 0. The molecule has 0 spiro atoms. The Labute approximate surface area is 111 Å². The van der Waals surface area contributed by atoms with Crippen LogP contribution in [0.15, 0.2) is 18.2 Å². The Morgan fingerprint density at radius 2 is 2.12 bits per heavy atom. The van der Waals surface area contributed by atoms with Gasteiger partial charge in [0.2, 0.25) is 5.91 Å². The van der Waals surface area contributed by atoms with Crippen molar-refractivity contribution in [2.24, 2.45) is 0 Å². The minimum atomic E-state index is -0.0301. The molecule has 0 aliphatic rings. The first-order valence-corrected chi connectivity index (χ1v) is 6.25. The molecule has 1 unspecified atom stereocenters. The number of carbonyl (C=O) groups excluding carboxylic acids is 1. The van der Waals surface area contributed by atoms with Gasteiger partial charge in [-0.2, -0.15) is 0 Å². The summed E-state index contributed by atoms with van der Waals surface area (Å²) in [6.45, 7) is 4.72. The largest absolute Gasteiger partial charge is 0.355 e. The van der Waals surface area contributed by atoms with Crippen molar-refractivity contribution < 1.29 is 4.79 Å². The van der Waals surface area contributed by atoms with Gasteiger partial charge in [0, 0.05) is 22.6 Å². The van der Waals surface area contributed by atoms with Gasteiger partial charge in [-0.3, -0.25) is 4.79 Å². The number of likely N-dealkylation sites (N-methyl/N-ethyl adjacent to an activating group) is 1. The lowest BCUT2D eigenvalue weighted by Crippen LogP contribution is -2.34. The standard InChI is InChI=1S/C12H16Cl2N2O/c1-3-15-12(17)7-16-8(2)10-6-9(13)4-5-11(10)14/h4-6,8,16H,3,7H2,1-2H3,(H,15,17). The molecule has 0 aliphatic carbocycles. The first kappa shape index (κ1) is 14.3. The number of nitrogens with one attached hydrogen (secondary N) is 2. The van der Waals surface area contributed by atoms with Gasteiger partial charge in [-0.1, -0.05) is 23.2 Å². The Hall–Kier alpha value is -0.770. The van der Waals surface area contributed by atoms with Gasteiger partial charge >= 0.3 is 0 Å². The third kappa shape index (κ3) is 4.54. The van der Waals surface area contributed by atoms with E-state index < -0.39 is 0 Å². The highest BCUT2D eigenvalue weighted by atomic mass is 35.5. The van der Waals surface area contributed by atoms with Gasteiger partial charge in [-0.25, -0.2) is 0 Å². The number of hydrogen-bond donors (Lipinski definition) is 2. The van der Waals surface area contributed by atoms with E-state index in [1.807, 2.05) is 13.8 Å². The Bertz CT molecular complexity index is 396. The van der Waals surface area contributed by atoms with Crippen LogP contribution in [-0.4, -0.2) is 19.0 Å². The zero-order valence-corrected chi connectivity index (χ0v) is 11.4. The maximum atomic E-state index is 11.3. The number of amides is 1. The van der Waals surface area contributed by atoms with Crippen molar-refractivity contribution in [2.75, 3.05) is 13.1 Å². The lowest BCUT2D eigenvalue weighted by molar-refractivity contribution is -0.120. The van der Waals surface area contributed by atoms with Crippen LogP contribution in [-0.2, 0) is 4.79 Å². The lowest BCUT2D eigenvalue weighted by Gasteiger charge is -2.15. The molecule has 1 aromatic rings. The Morgan fingerprint density at radius 3 is 2.76 bits per heavy atom. The minimum Gasteiger partial charge on any atom is -0.355 e. The van der Waals surface area contributed by atoms with Gasteiger partial charge in [0.15, 0.2) is 0 Å². The molecule has 17 heavy (non-hydrogen) atoms. The van der Waals surface area contributed by atoms with Gasteiger partial charge in [0.1, 0.15) is 0 Å². The van der Waals surface area contributed by atoms with Crippen molar-refractivity contribution >= 4 is 29.1 Å². The van der Waals surface area contributed by atoms with Crippen molar-refractivity contribution in [2.45, 2.75) is 19.9 Å². The molecule has 0 bridgehead atoms. The zero-order valence-electron chi connectivity index (χ0n) is 9.89. The molecule has 1 rings (SSSR count). The Balaban J connectivity index is 2.60. The third-order valence-electron chi connectivity index (χ3n) is 2.37. The van der Waals surface area contributed by atoms with Crippen LogP contribution in [0.1, 0.15) is 25.5 Å². The summed E-state index contributed by atoms with van der Waals surface area (Å²) in [7, 11) is 0. The third-order valence-corrected chi connectivity index (χ3v) is 2.95. The van der Waals surface area contributed by atoms with E-state index in [0.29, 0.717) is 16.6 Å². The average molecular weight is 275 g/mol. The van der Waals surface area contributed by atoms with Gasteiger partial charge < -0.3 is 10.6 Å². The molecule has 5 heteroatoms. The Morgan fingerprint density at radius 1 is 1.41 bits per heavy atom. The van der Waals surface area contributed by atoms with Crippen LogP contribution in [0.5, 0.6) is 0 Å². The van der Waals surface area contributed by atoms with E-state index in [0.717, 1.165) is 5.56 Å². The van der Waals surface area contributed by atoms with Crippen LogP contribution in [0, 0.1) is 0 Å². The van der Waals surface area contributed by atoms with Crippen LogP contribution >= 0.6 is 23.2 Å². The fourth-order valence-electron chi connectivity index (χ4n) is 1.46. The maximum absolute atomic E-state index is 11.3. The molecule has 1 amide bonds. The quantitative estimate of drug-likeness (QED) is 0.867. The van der Waals surface area contributed by atoms with Crippen LogP contribution in [0.3, 0.4) is 0 Å². The van der Waals surface area contributed by atoms with Gasteiger partial charge in [-0.05, 0) is 37.6 Å². The Kier molecular flexibility index (Phi) is 5.75. The van der Waals surface area contributed by atoms with Crippen molar-refractivity contribution in [3.63, 3.8) is 0 Å². The molecule has 0 fully saturated rings. The number of carbonyl (C=O) groups is 1. The molecule has 0 aliphatic heterocycles. The highest BCUT2D eigenvalue weighted by Crippen LogP contribution is 2.25. The smallest absolute Gasteiger partial charge is 0.233 e. The number of benzene rings is 1. The second-order valence-electron chi connectivity index (χ2n) is 3.72. The molecule has 1 atom stereocenters. The lowest BCUT2D eigenvalue weighted by atomic mass is 10.1. The predicted octanol–water partition coefficient (Wildman–Crippen LogP) is 2.78. The highest BCUT2D eigenvalue weighted by Gasteiger charge is 2.11. The van der Waals surface area contributed by atoms with Crippen LogP contribution in [0.2, 0.25) is 10.0 Å². The molecular weight excluding hydrogens is 259 g/mol. The first-order chi connectivity index (χ1) is 8.04. The van der Waals surface area contributed by atoms with Crippen molar-refractivity contribution in [3.8, 4) is 0 Å². The van der Waals surface area contributed by atoms with E-state index in [9.17, 15) is 4.79 Å². The van der Waals surface area contributed by atoms with Crippen LogP contribution < -0.4 is 10.6 Å². The first-order valence-electron chi connectivity index (χ1n) is 5.49. The molecule has 1 aromatic carbocycles. The van der Waals surface area contributed by atoms with E-state index in [1.54, 1.807) is 18.2 Å². The molecule has 2 N–H and O–H groups in total. The minimum absolute atomic E-state index is 0.0243. The van der Waals surface area contributed by atoms with Gasteiger partial charge in [-0.15, -0.1) is 0 Å². The summed E-state index contributed by atoms with van der Waals surface area (Å²) in [5.41, 5.74) is 0.892. The van der Waals surface area contributed by atoms with E-state index in [1.165, 1.54) is 0 Å². The van der Waals surface area contributed by atoms with Gasteiger partial charge in [0.05, 0.1) is 6.54 Å². The monoisotopic (exact) mass is 274 g/mol. The molecule has 0 aromatic heterocycles. The molecule has 0 heterocycles. The molecule has 0 saturated heterocycles. The van der Waals surface area contributed by atoms with E-state index in [4.69, 9.17) is 23.2 Å². The fourth-order valence-corrected chi connectivity index (χ4v) is 1.92.